The Morgan fingerprint density at radius 2 is 2.18 bits per heavy atom. The van der Waals surface area contributed by atoms with Crippen LogP contribution in [0.15, 0.2) is 29.2 Å². The molecule has 1 rings (SSSR count). The average Bonchev–Trinajstić information content (AvgIpc) is 2.28. The average molecular weight is 262 g/mol. The molecular weight excluding hydrogens is 251 g/mol. The van der Waals surface area contributed by atoms with Crippen molar-refractivity contribution in [2.75, 3.05) is 7.11 Å². The van der Waals surface area contributed by atoms with E-state index in [2.05, 4.69) is 0 Å². The van der Waals surface area contributed by atoms with Crippen LogP contribution in [0.25, 0.3) is 0 Å². The zero-order chi connectivity index (χ0) is 13.1. The van der Waals surface area contributed by atoms with E-state index in [0.717, 1.165) is 6.07 Å². The second kappa shape index (κ2) is 5.13. The maximum Gasteiger partial charge on any atom is 0.307 e. The van der Waals surface area contributed by atoms with Crippen molar-refractivity contribution in [3.8, 4) is 5.75 Å². The van der Waals surface area contributed by atoms with Gasteiger partial charge >= 0.3 is 5.97 Å². The third-order valence-electron chi connectivity index (χ3n) is 2.04. The lowest BCUT2D eigenvalue weighted by atomic mass is 10.3. The Hall–Kier alpha value is -1.63. The van der Waals surface area contributed by atoms with Crippen LogP contribution in [-0.4, -0.2) is 32.1 Å². The van der Waals surface area contributed by atoms with E-state index in [0.29, 0.717) is 0 Å². The number of hydrogen-bond donors (Lipinski definition) is 1. The highest BCUT2D eigenvalue weighted by Crippen LogP contribution is 2.23. The van der Waals surface area contributed by atoms with E-state index in [4.69, 9.17) is 9.84 Å². The number of hydrogen-bond acceptors (Lipinski definition) is 4. The van der Waals surface area contributed by atoms with E-state index in [-0.39, 0.29) is 10.6 Å². The van der Waals surface area contributed by atoms with Crippen molar-refractivity contribution in [2.45, 2.75) is 16.8 Å². The van der Waals surface area contributed by atoms with Crippen LogP contribution in [-0.2, 0) is 14.6 Å². The molecule has 0 saturated heterocycles. The Labute approximate surface area is 97.8 Å². The number of sulfone groups is 1. The van der Waals surface area contributed by atoms with Gasteiger partial charge in [-0.3, -0.25) is 4.79 Å². The number of methoxy groups -OCH3 is 1. The molecule has 5 nitrogen and oxygen atoms in total. The minimum absolute atomic E-state index is 0.258. The fraction of sp³-hybridized carbons (Fsp3) is 0.300. The summed E-state index contributed by atoms with van der Waals surface area (Å²) in [6, 6.07) is 5.22. The molecule has 0 radical (unpaired) electrons. The van der Waals surface area contributed by atoms with Crippen molar-refractivity contribution in [1.29, 1.82) is 0 Å². The maximum absolute atomic E-state index is 13.3. The molecule has 0 aliphatic heterocycles. The fourth-order valence-electron chi connectivity index (χ4n) is 1.17. The first-order valence-corrected chi connectivity index (χ1v) is 6.16. The summed E-state index contributed by atoms with van der Waals surface area (Å²) in [4.78, 5) is 9.98. The molecular formula is C10H11FO5S. The summed E-state index contributed by atoms with van der Waals surface area (Å²) in [7, 11) is -2.95. The Balaban J connectivity index is 3.08. The lowest BCUT2D eigenvalue weighted by Gasteiger charge is -2.08. The fourth-order valence-corrected chi connectivity index (χ4v) is 2.38. The molecule has 17 heavy (non-hydrogen) atoms. The van der Waals surface area contributed by atoms with Crippen LogP contribution >= 0.6 is 0 Å². The molecule has 1 aromatic carbocycles. The van der Waals surface area contributed by atoms with Crippen LogP contribution in [0.5, 0.6) is 5.75 Å². The molecule has 1 unspecified atom stereocenters. The van der Waals surface area contributed by atoms with Crippen LogP contribution in [0.3, 0.4) is 0 Å². The predicted octanol–water partition coefficient (Wildman–Crippen LogP) is 1.24. The monoisotopic (exact) mass is 262 g/mol. The number of halogens is 1. The number of ether oxygens (including phenoxy) is 1. The van der Waals surface area contributed by atoms with Crippen LogP contribution in [0, 0.1) is 0 Å². The Morgan fingerprint density at radius 3 is 2.71 bits per heavy atom. The molecule has 1 atom stereocenters. The van der Waals surface area contributed by atoms with Crippen LogP contribution in [0.4, 0.5) is 4.39 Å². The smallest absolute Gasteiger partial charge is 0.307 e. The van der Waals surface area contributed by atoms with E-state index in [9.17, 15) is 17.6 Å². The SMILES string of the molecule is COc1cccc(S(=O)(=O)C(F)CC(=O)O)c1. The Bertz CT molecular complexity index is 511. The largest absolute Gasteiger partial charge is 0.497 e. The molecule has 0 saturated carbocycles. The zero-order valence-corrected chi connectivity index (χ0v) is 9.78. The van der Waals surface area contributed by atoms with Crippen LogP contribution < -0.4 is 4.74 Å². The minimum Gasteiger partial charge on any atom is -0.497 e. The van der Waals surface area contributed by atoms with Gasteiger partial charge in [0.05, 0.1) is 18.4 Å². The van der Waals surface area contributed by atoms with Crippen molar-refractivity contribution < 1.29 is 27.4 Å². The minimum atomic E-state index is -4.29. The van der Waals surface area contributed by atoms with Crippen molar-refractivity contribution in [3.05, 3.63) is 24.3 Å². The maximum atomic E-state index is 13.3. The summed E-state index contributed by atoms with van der Waals surface area (Å²) in [5.74, 6) is -1.25. The predicted molar refractivity (Wildman–Crippen MR) is 57.3 cm³/mol. The van der Waals surface area contributed by atoms with Gasteiger partial charge < -0.3 is 9.84 Å². The molecule has 0 spiro atoms. The molecule has 1 aromatic rings. The third-order valence-corrected chi connectivity index (χ3v) is 3.79. The summed E-state index contributed by atoms with van der Waals surface area (Å²) in [6.45, 7) is 0. The highest BCUT2D eigenvalue weighted by atomic mass is 32.2. The summed E-state index contributed by atoms with van der Waals surface area (Å²) >= 11 is 0. The molecule has 0 aliphatic rings. The lowest BCUT2D eigenvalue weighted by Crippen LogP contribution is -2.20. The molecule has 94 valence electrons. The number of alkyl halides is 1. The lowest BCUT2D eigenvalue weighted by molar-refractivity contribution is -0.137. The van der Waals surface area contributed by atoms with Crippen molar-refractivity contribution in [2.24, 2.45) is 0 Å². The van der Waals surface area contributed by atoms with Crippen LogP contribution in [0.2, 0.25) is 0 Å². The normalized spacial score (nSPS) is 13.1. The standard InChI is InChI=1S/C10H11FO5S/c1-16-7-3-2-4-8(5-7)17(14,15)9(11)6-10(12)13/h2-5,9H,6H2,1H3,(H,12,13). The summed E-state index contributed by atoms with van der Waals surface area (Å²) in [5.41, 5.74) is -2.47. The van der Waals surface area contributed by atoms with Gasteiger partial charge in [0.15, 0.2) is 0 Å². The van der Waals surface area contributed by atoms with Gasteiger partial charge in [0.25, 0.3) is 0 Å². The van der Waals surface area contributed by atoms with Gasteiger partial charge in [-0.1, -0.05) is 6.07 Å². The van der Waals surface area contributed by atoms with E-state index >= 15 is 0 Å². The van der Waals surface area contributed by atoms with E-state index in [1.54, 1.807) is 0 Å². The number of carbonyl (C=O) groups is 1. The van der Waals surface area contributed by atoms with Gasteiger partial charge in [0.1, 0.15) is 5.75 Å². The van der Waals surface area contributed by atoms with Gasteiger partial charge in [-0.2, -0.15) is 0 Å². The second-order valence-corrected chi connectivity index (χ2v) is 5.30. The summed E-state index contributed by atoms with van der Waals surface area (Å²) in [6.07, 6.45) is -1.08. The van der Waals surface area contributed by atoms with E-state index < -0.39 is 27.7 Å². The molecule has 7 heteroatoms. The van der Waals surface area contributed by atoms with Gasteiger partial charge in [-0.15, -0.1) is 0 Å². The number of carboxylic acids is 1. The first-order chi connectivity index (χ1) is 7.87. The number of rotatable bonds is 5. The molecule has 0 aromatic heterocycles. The number of carboxylic acid groups (broad SMARTS) is 1. The summed E-state index contributed by atoms with van der Waals surface area (Å²) in [5, 5.41) is 8.37. The molecule has 1 N–H and O–H groups in total. The molecule has 0 aliphatic carbocycles. The molecule has 0 fully saturated rings. The second-order valence-electron chi connectivity index (χ2n) is 3.23. The van der Waals surface area contributed by atoms with Gasteiger partial charge in [0.2, 0.25) is 15.3 Å². The van der Waals surface area contributed by atoms with Gasteiger partial charge in [-0.25, -0.2) is 12.8 Å². The Morgan fingerprint density at radius 1 is 1.53 bits per heavy atom. The highest BCUT2D eigenvalue weighted by Gasteiger charge is 2.29. The topological polar surface area (TPSA) is 80.7 Å². The van der Waals surface area contributed by atoms with E-state index in [1.165, 1.54) is 25.3 Å². The highest BCUT2D eigenvalue weighted by molar-refractivity contribution is 7.92. The molecule has 0 bridgehead atoms. The van der Waals surface area contributed by atoms with Gasteiger partial charge in [-0.05, 0) is 18.2 Å². The number of benzene rings is 1. The molecule has 0 heterocycles. The molecule has 0 amide bonds. The summed E-state index contributed by atoms with van der Waals surface area (Å²) < 4.78 is 41.4. The third kappa shape index (κ3) is 3.16. The zero-order valence-electron chi connectivity index (χ0n) is 8.96. The Kier molecular flexibility index (Phi) is 4.06. The van der Waals surface area contributed by atoms with Crippen molar-refractivity contribution >= 4 is 15.8 Å². The quantitative estimate of drug-likeness (QED) is 0.863. The van der Waals surface area contributed by atoms with Crippen molar-refractivity contribution in [3.63, 3.8) is 0 Å². The van der Waals surface area contributed by atoms with Crippen molar-refractivity contribution in [1.82, 2.24) is 0 Å². The van der Waals surface area contributed by atoms with Crippen LogP contribution in [0.1, 0.15) is 6.42 Å². The number of aliphatic carboxylic acids is 1. The first-order valence-electron chi connectivity index (χ1n) is 4.61. The van der Waals surface area contributed by atoms with E-state index in [1.807, 2.05) is 0 Å². The van der Waals surface area contributed by atoms with Gasteiger partial charge in [0, 0.05) is 0 Å². The first kappa shape index (κ1) is 13.4.